The number of fused-ring (bicyclic) bond motifs is 1. The Morgan fingerprint density at radius 2 is 2.05 bits per heavy atom. The van der Waals surface area contributed by atoms with Crippen LogP contribution < -0.4 is 5.32 Å². The molecule has 0 spiro atoms. The largest absolute Gasteiger partial charge is 0.368 e. The van der Waals surface area contributed by atoms with E-state index in [0.717, 1.165) is 21.3 Å². The van der Waals surface area contributed by atoms with Gasteiger partial charge < -0.3 is 19.9 Å². The summed E-state index contributed by atoms with van der Waals surface area (Å²) >= 11 is 9.59. The molecule has 10 nitrogen and oxygen atoms in total. The van der Waals surface area contributed by atoms with Crippen molar-refractivity contribution >= 4 is 61.4 Å². The summed E-state index contributed by atoms with van der Waals surface area (Å²) in [6.45, 7) is 2.79. The average Bonchev–Trinajstić information content (AvgIpc) is 3.21. The fourth-order valence-electron chi connectivity index (χ4n) is 4.18. The van der Waals surface area contributed by atoms with E-state index in [1.165, 1.54) is 12.4 Å². The first-order valence-corrected chi connectivity index (χ1v) is 12.9. The summed E-state index contributed by atoms with van der Waals surface area (Å²) in [6.07, 6.45) is 7.02. The number of hydrogen-bond acceptors (Lipinski definition) is 8. The van der Waals surface area contributed by atoms with E-state index in [1.807, 2.05) is 26.2 Å². The van der Waals surface area contributed by atoms with Gasteiger partial charge in [0, 0.05) is 27.7 Å². The lowest BCUT2D eigenvalue weighted by Gasteiger charge is -2.28. The molecule has 3 heterocycles. The third-order valence-electron chi connectivity index (χ3n) is 5.89. The van der Waals surface area contributed by atoms with Crippen LogP contribution >= 0.6 is 27.5 Å². The molecule has 1 N–H and O–H groups in total. The van der Waals surface area contributed by atoms with Crippen molar-refractivity contribution < 1.29 is 14.2 Å². The average molecular weight is 600 g/mol. The number of aromatic nitrogens is 3. The van der Waals surface area contributed by atoms with Gasteiger partial charge in [0.1, 0.15) is 24.4 Å². The number of pyridine rings is 1. The number of aliphatic imine (C=N–C) groups is 1. The monoisotopic (exact) mass is 598 g/mol. The van der Waals surface area contributed by atoms with Crippen molar-refractivity contribution in [3.05, 3.63) is 85.6 Å². The third kappa shape index (κ3) is 6.85. The number of nitro groups is 1. The second kappa shape index (κ2) is 11.5. The molecule has 38 heavy (non-hydrogen) atoms. The molecular weight excluding hydrogens is 574 g/mol. The van der Waals surface area contributed by atoms with E-state index in [9.17, 15) is 14.9 Å². The maximum Gasteiger partial charge on any atom is 0.368 e. The number of carbonyl (C=O) groups is 1. The summed E-state index contributed by atoms with van der Waals surface area (Å²) in [6, 6.07) is 7.30. The lowest BCUT2D eigenvalue weighted by atomic mass is 10.1. The molecule has 1 aliphatic rings. The Kier molecular flexibility index (Phi) is 8.29. The molecule has 1 aromatic carbocycles. The number of halogens is 2. The van der Waals surface area contributed by atoms with Crippen molar-refractivity contribution in [2.45, 2.75) is 19.8 Å². The van der Waals surface area contributed by atoms with Crippen molar-refractivity contribution in [1.29, 1.82) is 0 Å². The van der Waals surface area contributed by atoms with E-state index >= 15 is 0 Å². The van der Waals surface area contributed by atoms with E-state index in [2.05, 4.69) is 41.2 Å². The first kappa shape index (κ1) is 27.5. The van der Waals surface area contributed by atoms with Crippen molar-refractivity contribution in [3.63, 3.8) is 0 Å². The summed E-state index contributed by atoms with van der Waals surface area (Å²) in [7, 11) is 3.93. The first-order valence-electron chi connectivity index (χ1n) is 11.7. The van der Waals surface area contributed by atoms with Gasteiger partial charge in [-0.1, -0.05) is 11.6 Å². The molecule has 0 atom stereocenters. The van der Waals surface area contributed by atoms with Crippen LogP contribution in [-0.4, -0.2) is 63.0 Å². The van der Waals surface area contributed by atoms with Crippen LogP contribution in [0.2, 0.25) is 5.02 Å². The van der Waals surface area contributed by atoms with Crippen LogP contribution in [0.3, 0.4) is 0 Å². The van der Waals surface area contributed by atoms with Crippen LogP contribution in [0.15, 0.2) is 69.8 Å². The summed E-state index contributed by atoms with van der Waals surface area (Å²) in [5, 5.41) is 15.8. The zero-order chi connectivity index (χ0) is 27.4. The molecule has 0 radical (unpaired) electrons. The lowest BCUT2D eigenvalue weighted by molar-refractivity contribution is -0.880. The second-order valence-corrected chi connectivity index (χ2v) is 11.0. The number of nitrogens with one attached hydrogen (secondary N) is 1. The van der Waals surface area contributed by atoms with E-state index in [0.29, 0.717) is 51.6 Å². The fourth-order valence-corrected chi connectivity index (χ4v) is 4.61. The molecule has 4 rings (SSSR count). The molecule has 196 valence electrons. The topological polar surface area (TPSA) is 123 Å². The van der Waals surface area contributed by atoms with Gasteiger partial charge in [0.15, 0.2) is 5.78 Å². The minimum Gasteiger partial charge on any atom is -0.358 e. The van der Waals surface area contributed by atoms with Crippen LogP contribution in [0.1, 0.15) is 19.0 Å². The van der Waals surface area contributed by atoms with E-state index in [4.69, 9.17) is 11.6 Å². The van der Waals surface area contributed by atoms with E-state index < -0.39 is 4.92 Å². The van der Waals surface area contributed by atoms with Crippen LogP contribution in [0.25, 0.3) is 10.9 Å². The van der Waals surface area contributed by atoms with E-state index in [1.54, 1.807) is 31.3 Å². The van der Waals surface area contributed by atoms with Gasteiger partial charge in [-0.2, -0.15) is 0 Å². The lowest BCUT2D eigenvalue weighted by Crippen LogP contribution is -2.41. The molecule has 0 saturated carbocycles. The molecule has 0 fully saturated rings. The SMILES string of the molecule is CC1=NC([N+](=O)[O-])=C(C[N+](C)(C)C/C=C/C(=O)Cc2cc3c(Nc4ccc(Br)c(Cl)c4)ncnc3cn2)C1. The highest BCUT2D eigenvalue weighted by Gasteiger charge is 2.31. The van der Waals surface area contributed by atoms with Gasteiger partial charge >= 0.3 is 5.82 Å². The number of nitrogens with zero attached hydrogens (tertiary/aromatic N) is 6. The smallest absolute Gasteiger partial charge is 0.358 e. The minimum absolute atomic E-state index is 0.0581. The summed E-state index contributed by atoms with van der Waals surface area (Å²) < 4.78 is 1.25. The van der Waals surface area contributed by atoms with Crippen molar-refractivity contribution in [2.75, 3.05) is 32.5 Å². The van der Waals surface area contributed by atoms with Crippen LogP contribution in [0.5, 0.6) is 0 Å². The Balaban J connectivity index is 1.42. The second-order valence-electron chi connectivity index (χ2n) is 9.70. The van der Waals surface area contributed by atoms with Gasteiger partial charge in [-0.3, -0.25) is 9.78 Å². The Hall–Kier alpha value is -3.54. The number of allylic oxidation sites excluding steroid dienone is 1. The summed E-state index contributed by atoms with van der Waals surface area (Å²) in [5.74, 6) is 0.416. The Bertz CT molecular complexity index is 1520. The van der Waals surface area contributed by atoms with Crippen LogP contribution in [-0.2, 0) is 11.2 Å². The highest BCUT2D eigenvalue weighted by atomic mass is 79.9. The molecule has 3 aromatic rings. The van der Waals surface area contributed by atoms with Crippen molar-refractivity contribution in [3.8, 4) is 0 Å². The highest BCUT2D eigenvalue weighted by molar-refractivity contribution is 9.10. The number of carbonyl (C=O) groups excluding carboxylic acids is 1. The number of ketones is 1. The Morgan fingerprint density at radius 3 is 2.79 bits per heavy atom. The third-order valence-corrected chi connectivity index (χ3v) is 7.13. The highest BCUT2D eigenvalue weighted by Crippen LogP contribution is 2.29. The molecular formula is C26H26BrClN7O3+. The molecule has 0 amide bonds. The van der Waals surface area contributed by atoms with Gasteiger partial charge in [-0.15, -0.1) is 0 Å². The molecule has 0 saturated heterocycles. The maximum absolute atomic E-state index is 12.7. The predicted octanol–water partition coefficient (Wildman–Crippen LogP) is 5.28. The standard InChI is InChI=1S/C26H26BrClN7O3/c1-16-9-17(26(32-16)34(37)38)14-35(2,3)8-4-5-20(36)10-19-11-21-24(13-29-19)30-15-31-25(21)33-18-6-7-22(27)23(28)12-18/h4-7,11-13,15H,8-10,14H2,1-3H3,(H,30,31,33)/q+1/b5-4+. The number of quaternary nitrogens is 1. The van der Waals surface area contributed by atoms with Crippen LogP contribution in [0.4, 0.5) is 11.5 Å². The molecule has 0 unspecified atom stereocenters. The van der Waals surface area contributed by atoms with Gasteiger partial charge in [0.2, 0.25) is 0 Å². The van der Waals surface area contributed by atoms with Gasteiger partial charge in [0.05, 0.1) is 49.4 Å². The molecule has 2 aromatic heterocycles. The van der Waals surface area contributed by atoms with Gasteiger partial charge in [-0.05, 0) is 69.2 Å². The molecule has 12 heteroatoms. The maximum atomic E-state index is 12.7. The Morgan fingerprint density at radius 1 is 1.26 bits per heavy atom. The first-order chi connectivity index (χ1) is 18.0. The number of rotatable bonds is 10. The molecule has 0 bridgehead atoms. The molecule has 1 aliphatic heterocycles. The van der Waals surface area contributed by atoms with Gasteiger partial charge in [0.25, 0.3) is 0 Å². The number of likely N-dealkylation sites (N-methyl/N-ethyl adjacent to an activating group) is 1. The summed E-state index contributed by atoms with van der Waals surface area (Å²) in [4.78, 5) is 40.6. The molecule has 0 aliphatic carbocycles. The fraction of sp³-hybridized carbons (Fsp3) is 0.269. The normalized spacial score (nSPS) is 13.9. The predicted molar refractivity (Wildman–Crippen MR) is 151 cm³/mol. The summed E-state index contributed by atoms with van der Waals surface area (Å²) in [5.41, 5.74) is 3.44. The quantitative estimate of drug-likeness (QED) is 0.146. The minimum atomic E-state index is -0.429. The van der Waals surface area contributed by atoms with Crippen LogP contribution in [0, 0.1) is 10.1 Å². The van der Waals surface area contributed by atoms with Gasteiger partial charge in [-0.25, -0.2) is 9.97 Å². The zero-order valence-corrected chi connectivity index (χ0v) is 23.5. The van der Waals surface area contributed by atoms with Crippen molar-refractivity contribution in [2.24, 2.45) is 4.99 Å². The van der Waals surface area contributed by atoms with Crippen molar-refractivity contribution in [1.82, 2.24) is 15.0 Å². The number of hydrogen-bond donors (Lipinski definition) is 1. The number of benzene rings is 1. The zero-order valence-electron chi connectivity index (χ0n) is 21.1. The Labute approximate surface area is 233 Å². The van der Waals surface area contributed by atoms with E-state index in [-0.39, 0.29) is 18.0 Å². The number of anilines is 2.